The first-order valence-corrected chi connectivity index (χ1v) is 6.74. The van der Waals surface area contributed by atoms with Gasteiger partial charge in [-0.15, -0.1) is 11.3 Å². The van der Waals surface area contributed by atoms with Crippen LogP contribution in [0.3, 0.4) is 0 Å². The van der Waals surface area contributed by atoms with Gasteiger partial charge in [0.25, 0.3) is 0 Å². The van der Waals surface area contributed by atoms with Crippen LogP contribution in [-0.2, 0) is 16.1 Å². The Morgan fingerprint density at radius 3 is 2.65 bits per heavy atom. The lowest BCUT2D eigenvalue weighted by Gasteiger charge is -2.14. The maximum Gasteiger partial charge on any atom is 0.326 e. The number of nitrogens with zero attached hydrogens (tertiary/aromatic N) is 1. The van der Waals surface area contributed by atoms with Gasteiger partial charge in [-0.2, -0.15) is 0 Å². The van der Waals surface area contributed by atoms with Crippen molar-refractivity contribution in [3.05, 3.63) is 16.6 Å². The van der Waals surface area contributed by atoms with Crippen LogP contribution in [0.15, 0.2) is 11.6 Å². The van der Waals surface area contributed by atoms with Crippen molar-refractivity contribution in [1.29, 1.82) is 0 Å². The first-order valence-electron chi connectivity index (χ1n) is 5.86. The normalized spacial score (nSPS) is 11.6. The van der Waals surface area contributed by atoms with Gasteiger partial charge in [0.1, 0.15) is 11.0 Å². The molecule has 0 aliphatic carbocycles. The van der Waals surface area contributed by atoms with Gasteiger partial charge in [0.15, 0.2) is 0 Å². The minimum Gasteiger partial charge on any atom is -0.481 e. The number of amides is 2. The Labute approximate surface area is 118 Å². The molecule has 0 radical (unpaired) electrons. The van der Waals surface area contributed by atoms with Crippen LogP contribution in [0.5, 0.6) is 0 Å². The topological polar surface area (TPSA) is 129 Å². The lowest BCUT2D eigenvalue weighted by Crippen LogP contribution is -2.45. The SMILES string of the molecule is O=C(O)CCC[C@@H](NC(=O)NCc1nccs1)C(=O)O. The number of carboxylic acid groups (broad SMARTS) is 2. The smallest absolute Gasteiger partial charge is 0.326 e. The monoisotopic (exact) mass is 301 g/mol. The summed E-state index contributed by atoms with van der Waals surface area (Å²) in [6.45, 7) is 0.213. The fourth-order valence-corrected chi connectivity index (χ4v) is 1.98. The third kappa shape index (κ3) is 6.14. The van der Waals surface area contributed by atoms with Crippen LogP contribution in [0.1, 0.15) is 24.3 Å². The number of thiazole rings is 1. The number of hydrogen-bond donors (Lipinski definition) is 4. The predicted octanol–water partition coefficient (Wildman–Crippen LogP) is 0.650. The number of carboxylic acids is 2. The molecule has 1 heterocycles. The lowest BCUT2D eigenvalue weighted by atomic mass is 10.1. The van der Waals surface area contributed by atoms with E-state index in [1.54, 1.807) is 11.6 Å². The average Bonchev–Trinajstić information content (AvgIpc) is 2.87. The van der Waals surface area contributed by atoms with Crippen molar-refractivity contribution in [3.63, 3.8) is 0 Å². The van der Waals surface area contributed by atoms with Crippen LogP contribution in [-0.4, -0.2) is 39.2 Å². The molecule has 0 spiro atoms. The maximum atomic E-state index is 11.5. The van der Waals surface area contributed by atoms with Crippen LogP contribution in [0.4, 0.5) is 4.79 Å². The van der Waals surface area contributed by atoms with Gasteiger partial charge in [-0.1, -0.05) is 0 Å². The zero-order valence-corrected chi connectivity index (χ0v) is 11.4. The van der Waals surface area contributed by atoms with Gasteiger partial charge < -0.3 is 20.8 Å². The van der Waals surface area contributed by atoms with E-state index >= 15 is 0 Å². The maximum absolute atomic E-state index is 11.5. The number of carbonyl (C=O) groups excluding carboxylic acids is 1. The van der Waals surface area contributed by atoms with Gasteiger partial charge in [0.2, 0.25) is 0 Å². The Kier molecular flexibility index (Phi) is 6.44. The van der Waals surface area contributed by atoms with Gasteiger partial charge in [0, 0.05) is 18.0 Å². The molecule has 0 saturated carbocycles. The number of urea groups is 1. The summed E-state index contributed by atoms with van der Waals surface area (Å²) in [5, 5.41) is 24.7. The minimum absolute atomic E-state index is 0.0618. The molecule has 0 aromatic carbocycles. The van der Waals surface area contributed by atoms with Gasteiger partial charge in [-0.25, -0.2) is 14.6 Å². The second-order valence-electron chi connectivity index (χ2n) is 3.93. The lowest BCUT2D eigenvalue weighted by molar-refractivity contribution is -0.140. The number of hydrogen-bond acceptors (Lipinski definition) is 5. The van der Waals surface area contributed by atoms with Crippen LogP contribution in [0, 0.1) is 0 Å². The average molecular weight is 301 g/mol. The summed E-state index contributed by atoms with van der Waals surface area (Å²) in [5.41, 5.74) is 0. The van der Waals surface area contributed by atoms with Crippen molar-refractivity contribution in [1.82, 2.24) is 15.6 Å². The molecule has 1 aromatic heterocycles. The van der Waals surface area contributed by atoms with E-state index < -0.39 is 24.0 Å². The highest BCUT2D eigenvalue weighted by atomic mass is 32.1. The molecule has 0 bridgehead atoms. The summed E-state index contributed by atoms with van der Waals surface area (Å²) in [6, 6.07) is -1.73. The molecule has 1 atom stereocenters. The summed E-state index contributed by atoms with van der Waals surface area (Å²) in [6.07, 6.45) is 1.71. The zero-order chi connectivity index (χ0) is 15.0. The summed E-state index contributed by atoms with van der Waals surface area (Å²) >= 11 is 1.37. The van der Waals surface area contributed by atoms with Crippen molar-refractivity contribution in [2.75, 3.05) is 0 Å². The quantitative estimate of drug-likeness (QED) is 0.558. The second-order valence-corrected chi connectivity index (χ2v) is 4.91. The minimum atomic E-state index is -1.19. The molecule has 0 aliphatic heterocycles. The van der Waals surface area contributed by atoms with Crippen molar-refractivity contribution in [3.8, 4) is 0 Å². The number of carbonyl (C=O) groups is 3. The largest absolute Gasteiger partial charge is 0.481 e. The molecule has 2 amide bonds. The number of nitrogens with one attached hydrogen (secondary N) is 2. The summed E-state index contributed by atoms with van der Waals surface area (Å²) in [4.78, 5) is 36.8. The van der Waals surface area contributed by atoms with E-state index in [-0.39, 0.29) is 25.8 Å². The van der Waals surface area contributed by atoms with Gasteiger partial charge >= 0.3 is 18.0 Å². The van der Waals surface area contributed by atoms with Gasteiger partial charge in [-0.3, -0.25) is 4.79 Å². The Balaban J connectivity index is 2.34. The van der Waals surface area contributed by atoms with Crippen molar-refractivity contribution in [2.24, 2.45) is 0 Å². The molecule has 1 aromatic rings. The molecular weight excluding hydrogens is 286 g/mol. The molecule has 0 fully saturated rings. The molecule has 110 valence electrons. The van der Waals surface area contributed by atoms with E-state index in [4.69, 9.17) is 10.2 Å². The summed E-state index contributed by atoms with van der Waals surface area (Å²) in [5.74, 6) is -2.19. The molecule has 9 heteroatoms. The highest BCUT2D eigenvalue weighted by molar-refractivity contribution is 7.09. The number of rotatable bonds is 8. The first kappa shape index (κ1) is 15.9. The van der Waals surface area contributed by atoms with E-state index in [0.29, 0.717) is 5.01 Å². The number of aliphatic carboxylic acids is 2. The molecule has 20 heavy (non-hydrogen) atoms. The molecule has 0 aliphatic rings. The molecule has 4 N–H and O–H groups in total. The van der Waals surface area contributed by atoms with Crippen LogP contribution in [0.2, 0.25) is 0 Å². The summed E-state index contributed by atoms with van der Waals surface area (Å²) in [7, 11) is 0. The van der Waals surface area contributed by atoms with Crippen molar-refractivity contribution in [2.45, 2.75) is 31.8 Å². The highest BCUT2D eigenvalue weighted by Gasteiger charge is 2.19. The van der Waals surface area contributed by atoms with Crippen LogP contribution >= 0.6 is 11.3 Å². The van der Waals surface area contributed by atoms with Crippen LogP contribution in [0.25, 0.3) is 0 Å². The Morgan fingerprint density at radius 1 is 1.35 bits per heavy atom. The third-order valence-electron chi connectivity index (χ3n) is 2.37. The Hall–Kier alpha value is -2.16. The van der Waals surface area contributed by atoms with E-state index in [0.717, 1.165) is 0 Å². The van der Waals surface area contributed by atoms with E-state index in [2.05, 4.69) is 15.6 Å². The van der Waals surface area contributed by atoms with Crippen molar-refractivity contribution < 1.29 is 24.6 Å². The Bertz CT molecular complexity index is 463. The fraction of sp³-hybridized carbons (Fsp3) is 0.455. The summed E-state index contributed by atoms with van der Waals surface area (Å²) < 4.78 is 0. The van der Waals surface area contributed by atoms with E-state index in [9.17, 15) is 14.4 Å². The van der Waals surface area contributed by atoms with Crippen molar-refractivity contribution >= 4 is 29.3 Å². The van der Waals surface area contributed by atoms with Gasteiger partial charge in [-0.05, 0) is 12.8 Å². The van der Waals surface area contributed by atoms with E-state index in [1.165, 1.54) is 11.3 Å². The van der Waals surface area contributed by atoms with Crippen LogP contribution < -0.4 is 10.6 Å². The highest BCUT2D eigenvalue weighted by Crippen LogP contribution is 2.04. The third-order valence-corrected chi connectivity index (χ3v) is 3.15. The fourth-order valence-electron chi connectivity index (χ4n) is 1.42. The first-order chi connectivity index (χ1) is 9.49. The molecule has 1 rings (SSSR count). The molecule has 8 nitrogen and oxygen atoms in total. The van der Waals surface area contributed by atoms with E-state index in [1.807, 2.05) is 0 Å². The molecular formula is C11H15N3O5S. The zero-order valence-electron chi connectivity index (χ0n) is 10.5. The second kappa shape index (κ2) is 8.10. The predicted molar refractivity (Wildman–Crippen MR) is 70.4 cm³/mol. The number of aromatic nitrogens is 1. The standard InChI is InChI=1S/C11H15N3O5S/c15-9(16)3-1-2-7(10(17)18)14-11(19)13-6-8-12-4-5-20-8/h4-5,7H,1-3,6H2,(H,15,16)(H,17,18)(H2,13,14,19)/t7-/m1/s1. The van der Waals surface area contributed by atoms with Gasteiger partial charge in [0.05, 0.1) is 6.54 Å². The Morgan fingerprint density at radius 2 is 2.10 bits per heavy atom. The molecule has 0 unspecified atom stereocenters. The molecule has 0 saturated heterocycles.